The van der Waals surface area contributed by atoms with Gasteiger partial charge in [-0.05, 0) is 18.2 Å². The van der Waals surface area contributed by atoms with Crippen molar-refractivity contribution in [2.45, 2.75) is 6.54 Å². The van der Waals surface area contributed by atoms with E-state index in [1.165, 1.54) is 30.0 Å². The van der Waals surface area contributed by atoms with Crippen molar-refractivity contribution in [2.24, 2.45) is 0 Å². The molecule has 2 aromatic carbocycles. The van der Waals surface area contributed by atoms with Crippen molar-refractivity contribution in [1.29, 1.82) is 0 Å². The van der Waals surface area contributed by atoms with Crippen molar-refractivity contribution in [3.8, 4) is 11.3 Å². The summed E-state index contributed by atoms with van der Waals surface area (Å²) < 4.78 is 34.0. The van der Waals surface area contributed by atoms with Crippen LogP contribution in [-0.2, 0) is 16.1 Å². The van der Waals surface area contributed by atoms with E-state index in [1.54, 1.807) is 24.3 Å². The molecular weight excluding hydrogens is 290 g/mol. The Balaban J connectivity index is 2.25. The molecule has 0 aliphatic heterocycles. The number of esters is 1. The van der Waals surface area contributed by atoms with Crippen LogP contribution in [0, 0.1) is 11.6 Å². The zero-order valence-electron chi connectivity index (χ0n) is 11.7. The first-order valence-corrected chi connectivity index (χ1v) is 6.58. The number of carbonyl (C=O) groups is 1. The molecule has 0 N–H and O–H groups in total. The molecule has 0 atom stereocenters. The van der Waals surface area contributed by atoms with E-state index >= 15 is 0 Å². The fourth-order valence-corrected chi connectivity index (χ4v) is 2.34. The number of fused-ring (bicyclic) bond motifs is 1. The van der Waals surface area contributed by atoms with E-state index in [0.717, 1.165) is 0 Å². The smallest absolute Gasteiger partial charge is 0.327 e. The minimum atomic E-state index is -0.700. The summed E-state index contributed by atoms with van der Waals surface area (Å²) in [5.41, 5.74) is 0.558. The van der Waals surface area contributed by atoms with Gasteiger partial charge >= 0.3 is 5.97 Å². The van der Waals surface area contributed by atoms with Gasteiger partial charge in [-0.25, -0.2) is 8.78 Å². The zero-order valence-corrected chi connectivity index (χ0v) is 11.7. The number of hydrogen-bond acceptors (Lipinski definition) is 3. The van der Waals surface area contributed by atoms with E-state index in [9.17, 15) is 13.6 Å². The van der Waals surface area contributed by atoms with E-state index in [-0.39, 0.29) is 17.8 Å². The molecule has 0 aliphatic rings. The van der Waals surface area contributed by atoms with E-state index < -0.39 is 17.6 Å². The summed E-state index contributed by atoms with van der Waals surface area (Å²) in [6, 6.07) is 10.6. The molecule has 0 aliphatic carbocycles. The van der Waals surface area contributed by atoms with Gasteiger partial charge in [-0.15, -0.1) is 0 Å². The SMILES string of the molecule is COC(=O)Cn1nc(-c2c(F)cccc2F)c2ccccc21. The van der Waals surface area contributed by atoms with Gasteiger partial charge in [-0.3, -0.25) is 9.48 Å². The van der Waals surface area contributed by atoms with E-state index in [0.29, 0.717) is 10.9 Å². The lowest BCUT2D eigenvalue weighted by molar-refractivity contribution is -0.141. The Bertz CT molecular complexity index is 838. The normalized spacial score (nSPS) is 10.9. The van der Waals surface area contributed by atoms with Crippen molar-refractivity contribution in [3.63, 3.8) is 0 Å². The third-order valence-electron chi connectivity index (χ3n) is 3.36. The summed E-state index contributed by atoms with van der Waals surface area (Å²) in [5, 5.41) is 4.77. The summed E-state index contributed by atoms with van der Waals surface area (Å²) in [5.74, 6) is -1.89. The van der Waals surface area contributed by atoms with Crippen molar-refractivity contribution < 1.29 is 18.3 Å². The molecule has 112 valence electrons. The molecule has 0 spiro atoms. The predicted molar refractivity (Wildman–Crippen MR) is 77.1 cm³/mol. The highest BCUT2D eigenvalue weighted by Gasteiger charge is 2.19. The molecule has 0 saturated heterocycles. The second kappa shape index (κ2) is 5.55. The lowest BCUT2D eigenvalue weighted by atomic mass is 10.1. The summed E-state index contributed by atoms with van der Waals surface area (Å²) in [7, 11) is 1.27. The molecule has 0 amide bonds. The molecule has 4 nitrogen and oxygen atoms in total. The average molecular weight is 302 g/mol. The van der Waals surface area contributed by atoms with Crippen molar-refractivity contribution in [3.05, 3.63) is 54.1 Å². The van der Waals surface area contributed by atoms with Gasteiger partial charge in [-0.1, -0.05) is 24.3 Å². The first-order valence-electron chi connectivity index (χ1n) is 6.58. The molecule has 0 bridgehead atoms. The topological polar surface area (TPSA) is 44.1 Å². The molecule has 0 unspecified atom stereocenters. The van der Waals surface area contributed by atoms with Crippen molar-refractivity contribution in [1.82, 2.24) is 9.78 Å². The number of nitrogens with zero attached hydrogens (tertiary/aromatic N) is 2. The van der Waals surface area contributed by atoms with E-state index in [1.807, 2.05) is 0 Å². The van der Waals surface area contributed by atoms with Gasteiger partial charge in [0.25, 0.3) is 0 Å². The van der Waals surface area contributed by atoms with E-state index in [4.69, 9.17) is 0 Å². The van der Waals surface area contributed by atoms with Gasteiger partial charge in [0.2, 0.25) is 0 Å². The zero-order chi connectivity index (χ0) is 15.7. The summed E-state index contributed by atoms with van der Waals surface area (Å²) >= 11 is 0. The third kappa shape index (κ3) is 2.32. The molecule has 0 fully saturated rings. The van der Waals surface area contributed by atoms with Crippen LogP contribution in [0.1, 0.15) is 0 Å². The Morgan fingerprint density at radius 1 is 1.14 bits per heavy atom. The number of benzene rings is 2. The maximum atomic E-state index is 14.0. The van der Waals surface area contributed by atoms with Crippen LogP contribution >= 0.6 is 0 Å². The number of rotatable bonds is 3. The Hall–Kier alpha value is -2.76. The molecule has 3 aromatic rings. The van der Waals surface area contributed by atoms with Crippen LogP contribution in [0.3, 0.4) is 0 Å². The monoisotopic (exact) mass is 302 g/mol. The standard InChI is InChI=1S/C16H12F2N2O2/c1-22-14(21)9-20-13-8-3-2-5-10(13)16(19-20)15-11(17)6-4-7-12(15)18/h2-8H,9H2,1H3. The second-order valence-corrected chi connectivity index (χ2v) is 4.70. The Morgan fingerprint density at radius 3 is 2.50 bits per heavy atom. The highest BCUT2D eigenvalue weighted by Crippen LogP contribution is 2.31. The fourth-order valence-electron chi connectivity index (χ4n) is 2.34. The number of para-hydroxylation sites is 1. The van der Waals surface area contributed by atoms with Crippen LogP contribution in [0.2, 0.25) is 0 Å². The van der Waals surface area contributed by atoms with Crippen LogP contribution < -0.4 is 0 Å². The molecular formula is C16H12F2N2O2. The minimum absolute atomic E-state index is 0.132. The van der Waals surface area contributed by atoms with Crippen LogP contribution in [-0.4, -0.2) is 22.9 Å². The first kappa shape index (κ1) is 14.2. The first-order chi connectivity index (χ1) is 10.6. The predicted octanol–water partition coefficient (Wildman–Crippen LogP) is 3.15. The summed E-state index contributed by atoms with van der Waals surface area (Å²) in [6.07, 6.45) is 0. The quantitative estimate of drug-likeness (QED) is 0.698. The maximum absolute atomic E-state index is 14.0. The van der Waals surface area contributed by atoms with Gasteiger partial charge in [0.15, 0.2) is 0 Å². The highest BCUT2D eigenvalue weighted by atomic mass is 19.1. The molecule has 0 saturated carbocycles. The largest absolute Gasteiger partial charge is 0.468 e. The van der Waals surface area contributed by atoms with Gasteiger partial charge in [0.1, 0.15) is 23.9 Å². The Kier molecular flexibility index (Phi) is 3.58. The molecule has 22 heavy (non-hydrogen) atoms. The maximum Gasteiger partial charge on any atom is 0.327 e. The van der Waals surface area contributed by atoms with Gasteiger partial charge < -0.3 is 4.74 Å². The second-order valence-electron chi connectivity index (χ2n) is 4.70. The molecule has 3 rings (SSSR count). The van der Waals surface area contributed by atoms with Gasteiger partial charge in [-0.2, -0.15) is 5.10 Å². The third-order valence-corrected chi connectivity index (χ3v) is 3.36. The Labute approximate surface area is 124 Å². The lowest BCUT2D eigenvalue weighted by Crippen LogP contribution is -2.12. The number of methoxy groups -OCH3 is 1. The average Bonchev–Trinajstić information content (AvgIpc) is 2.86. The number of aromatic nitrogens is 2. The minimum Gasteiger partial charge on any atom is -0.468 e. The molecule has 6 heteroatoms. The Morgan fingerprint density at radius 2 is 1.82 bits per heavy atom. The summed E-state index contributed by atoms with van der Waals surface area (Å²) in [6.45, 7) is -0.132. The van der Waals surface area contributed by atoms with Crippen LogP contribution in [0.15, 0.2) is 42.5 Å². The number of carbonyl (C=O) groups excluding carboxylic acids is 1. The fraction of sp³-hybridized carbons (Fsp3) is 0.125. The van der Waals surface area contributed by atoms with Crippen molar-refractivity contribution >= 4 is 16.9 Å². The summed E-state index contributed by atoms with van der Waals surface area (Å²) in [4.78, 5) is 11.5. The van der Waals surface area contributed by atoms with Gasteiger partial charge in [0.05, 0.1) is 18.2 Å². The molecule has 1 heterocycles. The highest BCUT2D eigenvalue weighted by molar-refractivity contribution is 5.94. The van der Waals surface area contributed by atoms with Crippen LogP contribution in [0.5, 0.6) is 0 Å². The van der Waals surface area contributed by atoms with Crippen LogP contribution in [0.4, 0.5) is 8.78 Å². The lowest BCUT2D eigenvalue weighted by Gasteiger charge is -2.02. The van der Waals surface area contributed by atoms with Crippen molar-refractivity contribution in [2.75, 3.05) is 7.11 Å². The molecule has 1 aromatic heterocycles. The van der Waals surface area contributed by atoms with Gasteiger partial charge in [0, 0.05) is 5.39 Å². The van der Waals surface area contributed by atoms with E-state index in [2.05, 4.69) is 9.84 Å². The number of hydrogen-bond donors (Lipinski definition) is 0. The number of ether oxygens (including phenoxy) is 1. The molecule has 0 radical (unpaired) electrons. The number of halogens is 2. The van der Waals surface area contributed by atoms with Crippen LogP contribution in [0.25, 0.3) is 22.2 Å².